The van der Waals surface area contributed by atoms with E-state index in [4.69, 9.17) is 5.73 Å². The third kappa shape index (κ3) is 4.01. The lowest BCUT2D eigenvalue weighted by Gasteiger charge is -2.35. The van der Waals surface area contributed by atoms with Gasteiger partial charge in [-0.05, 0) is 62.4 Å². The lowest BCUT2D eigenvalue weighted by atomic mass is 9.97. The van der Waals surface area contributed by atoms with Gasteiger partial charge in [0.2, 0.25) is 5.91 Å². The maximum atomic E-state index is 12.6. The normalized spacial score (nSPS) is 18.1. The number of rotatable bonds is 5. The summed E-state index contributed by atoms with van der Waals surface area (Å²) >= 11 is 0. The van der Waals surface area contributed by atoms with Gasteiger partial charge in [-0.1, -0.05) is 26.8 Å². The molecule has 0 bridgehead atoms. The molecule has 0 saturated carbocycles. The molecule has 1 fully saturated rings. The van der Waals surface area contributed by atoms with Crippen molar-refractivity contribution in [2.75, 3.05) is 24.1 Å². The van der Waals surface area contributed by atoms with Crippen molar-refractivity contribution in [3.8, 4) is 0 Å². The Morgan fingerprint density at radius 3 is 2.59 bits per heavy atom. The average Bonchev–Trinajstić information content (AvgIpc) is 2.50. The Labute approximate surface area is 134 Å². The summed E-state index contributed by atoms with van der Waals surface area (Å²) in [6, 6.07) is 5.76. The summed E-state index contributed by atoms with van der Waals surface area (Å²) in [7, 11) is 0. The van der Waals surface area contributed by atoms with Crippen LogP contribution in [-0.4, -0.2) is 29.9 Å². The molecule has 3 N–H and O–H groups in total. The predicted molar refractivity (Wildman–Crippen MR) is 92.9 cm³/mol. The molecule has 0 aliphatic carbocycles. The van der Waals surface area contributed by atoms with Gasteiger partial charge in [0.1, 0.15) is 0 Å². The Balaban J connectivity index is 2.01. The van der Waals surface area contributed by atoms with E-state index < -0.39 is 0 Å². The number of nitrogens with one attached hydrogen (secondary N) is 1. The number of hydrogen-bond acceptors (Lipinski definition) is 3. The summed E-state index contributed by atoms with van der Waals surface area (Å²) in [6.45, 7) is 8.48. The lowest BCUT2D eigenvalue weighted by Crippen LogP contribution is -2.47. The van der Waals surface area contributed by atoms with Crippen LogP contribution >= 0.6 is 0 Å². The fourth-order valence-electron chi connectivity index (χ4n) is 3.17. The van der Waals surface area contributed by atoms with Gasteiger partial charge in [0, 0.05) is 11.4 Å². The first-order valence-corrected chi connectivity index (χ1v) is 8.48. The van der Waals surface area contributed by atoms with Gasteiger partial charge in [-0.15, -0.1) is 0 Å². The van der Waals surface area contributed by atoms with Crippen LogP contribution in [0.3, 0.4) is 0 Å². The largest absolute Gasteiger partial charge is 0.398 e. The quantitative estimate of drug-likeness (QED) is 0.821. The minimum Gasteiger partial charge on any atom is -0.398 e. The van der Waals surface area contributed by atoms with Gasteiger partial charge in [-0.3, -0.25) is 9.69 Å². The molecule has 1 aliphatic heterocycles. The van der Waals surface area contributed by atoms with Gasteiger partial charge in [-0.25, -0.2) is 0 Å². The SMILES string of the molecule is CCc1ccc(NC(=O)C(CC)N2CCC(C)CC2)cc1N. The zero-order valence-corrected chi connectivity index (χ0v) is 14.1. The fraction of sp³-hybridized carbons (Fsp3) is 0.611. The van der Waals surface area contributed by atoms with Gasteiger partial charge in [0.05, 0.1) is 6.04 Å². The first-order valence-electron chi connectivity index (χ1n) is 8.48. The van der Waals surface area contributed by atoms with E-state index in [9.17, 15) is 4.79 Å². The van der Waals surface area contributed by atoms with Crippen LogP contribution < -0.4 is 11.1 Å². The van der Waals surface area contributed by atoms with E-state index in [1.165, 1.54) is 12.8 Å². The zero-order valence-electron chi connectivity index (χ0n) is 14.1. The van der Waals surface area contributed by atoms with Gasteiger partial charge in [0.15, 0.2) is 0 Å². The molecule has 4 nitrogen and oxygen atoms in total. The number of amides is 1. The van der Waals surface area contributed by atoms with Crippen molar-refractivity contribution in [3.63, 3.8) is 0 Å². The van der Waals surface area contributed by atoms with E-state index in [2.05, 4.69) is 31.0 Å². The van der Waals surface area contributed by atoms with E-state index in [0.29, 0.717) is 0 Å². The predicted octanol–water partition coefficient (Wildman–Crippen LogP) is 3.28. The highest BCUT2D eigenvalue weighted by Gasteiger charge is 2.27. The first kappa shape index (κ1) is 16.8. The van der Waals surface area contributed by atoms with Crippen LogP contribution in [0.4, 0.5) is 11.4 Å². The van der Waals surface area contributed by atoms with E-state index in [1.54, 1.807) is 0 Å². The Kier molecular flexibility index (Phi) is 5.83. The number of likely N-dealkylation sites (tertiary alicyclic amines) is 1. The Morgan fingerprint density at radius 2 is 2.05 bits per heavy atom. The molecule has 122 valence electrons. The second-order valence-corrected chi connectivity index (χ2v) is 6.40. The van der Waals surface area contributed by atoms with E-state index in [-0.39, 0.29) is 11.9 Å². The van der Waals surface area contributed by atoms with E-state index in [0.717, 1.165) is 48.8 Å². The van der Waals surface area contributed by atoms with Crippen molar-refractivity contribution in [1.29, 1.82) is 0 Å². The number of piperidine rings is 1. The Hall–Kier alpha value is -1.55. The highest BCUT2D eigenvalue weighted by atomic mass is 16.2. The van der Waals surface area contributed by atoms with E-state index >= 15 is 0 Å². The summed E-state index contributed by atoms with van der Waals surface area (Å²) in [5, 5.41) is 3.03. The summed E-state index contributed by atoms with van der Waals surface area (Å²) in [5.74, 6) is 0.860. The zero-order chi connectivity index (χ0) is 16.1. The van der Waals surface area contributed by atoms with Crippen LogP contribution in [0.15, 0.2) is 18.2 Å². The molecule has 0 radical (unpaired) electrons. The number of nitrogens with zero attached hydrogens (tertiary/aromatic N) is 1. The van der Waals surface area contributed by atoms with Crippen molar-refractivity contribution >= 4 is 17.3 Å². The van der Waals surface area contributed by atoms with Crippen LogP contribution in [0, 0.1) is 5.92 Å². The molecule has 1 heterocycles. The van der Waals surface area contributed by atoms with Crippen molar-refractivity contribution < 1.29 is 4.79 Å². The van der Waals surface area contributed by atoms with Crippen LogP contribution in [0.25, 0.3) is 0 Å². The number of hydrogen-bond donors (Lipinski definition) is 2. The van der Waals surface area contributed by atoms with E-state index in [1.807, 2.05) is 18.2 Å². The van der Waals surface area contributed by atoms with Gasteiger partial charge < -0.3 is 11.1 Å². The summed E-state index contributed by atoms with van der Waals surface area (Å²) in [5.41, 5.74) is 8.68. The first-order chi connectivity index (χ1) is 10.5. The molecule has 1 aromatic carbocycles. The average molecular weight is 303 g/mol. The van der Waals surface area contributed by atoms with Crippen molar-refractivity contribution in [2.24, 2.45) is 5.92 Å². The van der Waals surface area contributed by atoms with Crippen LogP contribution in [-0.2, 0) is 11.2 Å². The molecule has 1 saturated heterocycles. The number of benzene rings is 1. The number of nitrogen functional groups attached to an aromatic ring is 1. The second kappa shape index (κ2) is 7.63. The Bertz CT molecular complexity index is 507. The van der Waals surface area contributed by atoms with Crippen molar-refractivity contribution in [3.05, 3.63) is 23.8 Å². The maximum Gasteiger partial charge on any atom is 0.241 e. The highest BCUT2D eigenvalue weighted by Crippen LogP contribution is 2.22. The molecule has 1 aromatic rings. The number of carbonyl (C=O) groups excluding carboxylic acids is 1. The van der Waals surface area contributed by atoms with Crippen molar-refractivity contribution in [2.45, 2.75) is 52.5 Å². The summed E-state index contributed by atoms with van der Waals surface area (Å²) < 4.78 is 0. The molecule has 0 spiro atoms. The lowest BCUT2D eigenvalue weighted by molar-refractivity contribution is -0.122. The topological polar surface area (TPSA) is 58.4 Å². The Morgan fingerprint density at radius 1 is 1.36 bits per heavy atom. The van der Waals surface area contributed by atoms with Gasteiger partial charge >= 0.3 is 0 Å². The molecule has 1 atom stereocenters. The molecule has 4 heteroatoms. The molecule has 1 aliphatic rings. The monoisotopic (exact) mass is 303 g/mol. The smallest absolute Gasteiger partial charge is 0.241 e. The summed E-state index contributed by atoms with van der Waals surface area (Å²) in [6.07, 6.45) is 4.11. The minimum atomic E-state index is -0.0421. The minimum absolute atomic E-state index is 0.0421. The van der Waals surface area contributed by atoms with Crippen LogP contribution in [0.1, 0.15) is 45.6 Å². The standard InChI is InChI=1S/C18H29N3O/c1-4-14-6-7-15(12-16(14)19)20-18(22)17(5-2)21-10-8-13(3)9-11-21/h6-7,12-13,17H,4-5,8-11,19H2,1-3H3,(H,20,22). The number of carbonyl (C=O) groups is 1. The number of aryl methyl sites for hydroxylation is 1. The number of anilines is 2. The van der Waals surface area contributed by atoms with Crippen LogP contribution in [0.5, 0.6) is 0 Å². The second-order valence-electron chi connectivity index (χ2n) is 6.40. The highest BCUT2D eigenvalue weighted by molar-refractivity contribution is 5.95. The molecule has 0 aromatic heterocycles. The molecule has 22 heavy (non-hydrogen) atoms. The molecule has 1 amide bonds. The van der Waals surface area contributed by atoms with Gasteiger partial charge in [0.25, 0.3) is 0 Å². The molecular weight excluding hydrogens is 274 g/mol. The molecule has 1 unspecified atom stereocenters. The maximum absolute atomic E-state index is 12.6. The third-order valence-electron chi connectivity index (χ3n) is 4.74. The molecular formula is C18H29N3O. The fourth-order valence-corrected chi connectivity index (χ4v) is 3.17. The van der Waals surface area contributed by atoms with Crippen LogP contribution in [0.2, 0.25) is 0 Å². The third-order valence-corrected chi connectivity index (χ3v) is 4.74. The van der Waals surface area contributed by atoms with Gasteiger partial charge in [-0.2, -0.15) is 0 Å². The van der Waals surface area contributed by atoms with Crippen molar-refractivity contribution in [1.82, 2.24) is 4.90 Å². The number of nitrogens with two attached hydrogens (primary N) is 1. The molecule has 2 rings (SSSR count). The summed E-state index contributed by atoms with van der Waals surface area (Å²) in [4.78, 5) is 14.9.